The quantitative estimate of drug-likeness (QED) is 0.494. The van der Waals surface area contributed by atoms with Gasteiger partial charge in [-0.2, -0.15) is 0 Å². The van der Waals surface area contributed by atoms with E-state index in [1.54, 1.807) is 31.4 Å². The molecule has 0 spiro atoms. The van der Waals surface area contributed by atoms with Crippen molar-refractivity contribution < 1.29 is 33.3 Å². The summed E-state index contributed by atoms with van der Waals surface area (Å²) in [5.74, 6) is -0.244. The molecule has 0 saturated heterocycles. The molecule has 0 heterocycles. The Morgan fingerprint density at radius 2 is 1.63 bits per heavy atom. The molecule has 0 aliphatic carbocycles. The summed E-state index contributed by atoms with van der Waals surface area (Å²) in [5.41, 5.74) is 0.779. The molecule has 0 fully saturated rings. The number of rotatable bonds is 12. The number of ether oxygens (including phenoxy) is 4. The lowest BCUT2D eigenvalue weighted by molar-refractivity contribution is -0.145. The number of carbonyl (C=O) groups is 3. The molecule has 0 bridgehead atoms. The van der Waals surface area contributed by atoms with Gasteiger partial charge in [0.05, 0.1) is 14.2 Å². The van der Waals surface area contributed by atoms with E-state index in [0.717, 1.165) is 5.56 Å². The first kappa shape index (κ1) is 25.2. The number of esters is 1. The molecule has 0 aliphatic heterocycles. The van der Waals surface area contributed by atoms with Crippen LogP contribution in [0.25, 0.3) is 0 Å². The van der Waals surface area contributed by atoms with Crippen molar-refractivity contribution in [1.82, 2.24) is 10.6 Å². The minimum absolute atomic E-state index is 0.0461. The van der Waals surface area contributed by atoms with Crippen molar-refractivity contribution in [2.45, 2.75) is 45.4 Å². The van der Waals surface area contributed by atoms with Crippen molar-refractivity contribution >= 4 is 18.0 Å². The molecule has 0 aliphatic rings. The Morgan fingerprint density at radius 3 is 2.17 bits per heavy atom. The Hall–Kier alpha value is -2.81. The second-order valence-corrected chi connectivity index (χ2v) is 7.12. The van der Waals surface area contributed by atoms with Gasteiger partial charge in [0.25, 0.3) is 0 Å². The molecule has 2 atom stereocenters. The minimum Gasteiger partial charge on any atom is -0.497 e. The van der Waals surface area contributed by atoms with Crippen LogP contribution < -0.4 is 15.4 Å². The fourth-order valence-electron chi connectivity index (χ4n) is 2.66. The Morgan fingerprint density at radius 1 is 0.967 bits per heavy atom. The zero-order chi connectivity index (χ0) is 22.5. The van der Waals surface area contributed by atoms with E-state index in [2.05, 4.69) is 10.6 Å². The fourth-order valence-corrected chi connectivity index (χ4v) is 2.66. The summed E-state index contributed by atoms with van der Waals surface area (Å²) < 4.78 is 20.0. The highest BCUT2D eigenvalue weighted by atomic mass is 16.5. The van der Waals surface area contributed by atoms with Gasteiger partial charge in [0.2, 0.25) is 5.91 Å². The number of benzene rings is 1. The molecule has 0 aromatic heterocycles. The average molecular weight is 424 g/mol. The molecule has 168 valence electrons. The maximum absolute atomic E-state index is 12.7. The number of amides is 2. The van der Waals surface area contributed by atoms with Crippen LogP contribution in [0.4, 0.5) is 4.79 Å². The van der Waals surface area contributed by atoms with Crippen molar-refractivity contribution in [3.05, 3.63) is 29.8 Å². The summed E-state index contributed by atoms with van der Waals surface area (Å²) in [4.78, 5) is 36.9. The van der Waals surface area contributed by atoms with Gasteiger partial charge in [0, 0.05) is 20.1 Å². The summed E-state index contributed by atoms with van der Waals surface area (Å²) >= 11 is 0. The van der Waals surface area contributed by atoms with E-state index in [1.165, 1.54) is 14.2 Å². The third kappa shape index (κ3) is 9.13. The monoisotopic (exact) mass is 424 g/mol. The van der Waals surface area contributed by atoms with Gasteiger partial charge in [0.1, 0.15) is 24.4 Å². The van der Waals surface area contributed by atoms with E-state index < -0.39 is 30.1 Å². The molecule has 1 aromatic carbocycles. The predicted octanol–water partition coefficient (Wildman–Crippen LogP) is 2.03. The number of methoxy groups -OCH3 is 3. The van der Waals surface area contributed by atoms with E-state index in [0.29, 0.717) is 12.2 Å². The zero-order valence-electron chi connectivity index (χ0n) is 18.2. The summed E-state index contributed by atoms with van der Waals surface area (Å²) in [6.45, 7) is 4.16. The standard InChI is InChI=1S/C21H32N2O7/c1-14(2)12-18(19(24)22-17(10-11-27-3)20(25)29-5)23-21(26)30-13-15-6-8-16(28-4)9-7-15/h6-9,14,17-18H,10-13H2,1-5H3,(H,22,24)(H,23,26)/t17-,18-/m0/s1. The molecule has 0 saturated carbocycles. The Bertz CT molecular complexity index is 676. The van der Waals surface area contributed by atoms with Gasteiger partial charge in [-0.1, -0.05) is 26.0 Å². The molecular formula is C21H32N2O7. The molecule has 1 aromatic rings. The first-order valence-corrected chi connectivity index (χ1v) is 9.74. The van der Waals surface area contributed by atoms with Crippen molar-refractivity contribution in [2.24, 2.45) is 5.92 Å². The molecule has 9 heteroatoms. The lowest BCUT2D eigenvalue weighted by Gasteiger charge is -2.23. The summed E-state index contributed by atoms with van der Waals surface area (Å²) in [5, 5.41) is 5.20. The average Bonchev–Trinajstić information content (AvgIpc) is 2.73. The molecule has 2 N–H and O–H groups in total. The summed E-state index contributed by atoms with van der Waals surface area (Å²) in [6, 6.07) is 5.36. The number of alkyl carbamates (subject to hydrolysis) is 1. The van der Waals surface area contributed by atoms with Crippen LogP contribution in [-0.4, -0.2) is 58.0 Å². The Labute approximate surface area is 177 Å². The van der Waals surface area contributed by atoms with Gasteiger partial charge in [0.15, 0.2) is 0 Å². The smallest absolute Gasteiger partial charge is 0.408 e. The predicted molar refractivity (Wildman–Crippen MR) is 110 cm³/mol. The second kappa shape index (κ2) is 13.4. The lowest BCUT2D eigenvalue weighted by Crippen LogP contribution is -2.52. The van der Waals surface area contributed by atoms with Crippen molar-refractivity contribution in [3.63, 3.8) is 0 Å². The first-order valence-electron chi connectivity index (χ1n) is 9.74. The van der Waals surface area contributed by atoms with Crippen LogP contribution in [0.15, 0.2) is 24.3 Å². The van der Waals surface area contributed by atoms with Gasteiger partial charge >= 0.3 is 12.1 Å². The molecule has 2 amide bonds. The second-order valence-electron chi connectivity index (χ2n) is 7.12. The topological polar surface area (TPSA) is 112 Å². The van der Waals surface area contributed by atoms with Gasteiger partial charge < -0.3 is 29.6 Å². The van der Waals surface area contributed by atoms with Crippen LogP contribution >= 0.6 is 0 Å². The number of hydrogen-bond donors (Lipinski definition) is 2. The lowest BCUT2D eigenvalue weighted by atomic mass is 10.0. The van der Waals surface area contributed by atoms with Gasteiger partial charge in [-0.3, -0.25) is 4.79 Å². The fraction of sp³-hybridized carbons (Fsp3) is 0.571. The maximum atomic E-state index is 12.7. The molecule has 0 unspecified atom stereocenters. The number of hydrogen-bond acceptors (Lipinski definition) is 7. The summed E-state index contributed by atoms with van der Waals surface area (Å²) in [7, 11) is 4.31. The highest BCUT2D eigenvalue weighted by Crippen LogP contribution is 2.12. The van der Waals surface area contributed by atoms with E-state index in [9.17, 15) is 14.4 Å². The Kier molecular flexibility index (Phi) is 11.3. The minimum atomic E-state index is -0.866. The third-order valence-electron chi connectivity index (χ3n) is 4.26. The maximum Gasteiger partial charge on any atom is 0.408 e. The summed E-state index contributed by atoms with van der Waals surface area (Å²) in [6.07, 6.45) is -0.0921. The van der Waals surface area contributed by atoms with Gasteiger partial charge in [-0.15, -0.1) is 0 Å². The molecule has 9 nitrogen and oxygen atoms in total. The Balaban J connectivity index is 2.70. The van der Waals surface area contributed by atoms with E-state index in [1.807, 2.05) is 13.8 Å². The van der Waals surface area contributed by atoms with Gasteiger partial charge in [-0.25, -0.2) is 9.59 Å². The van der Waals surface area contributed by atoms with Crippen LogP contribution in [0.1, 0.15) is 32.3 Å². The van der Waals surface area contributed by atoms with Crippen molar-refractivity contribution in [3.8, 4) is 5.75 Å². The van der Waals surface area contributed by atoms with Crippen molar-refractivity contribution in [1.29, 1.82) is 0 Å². The molecule has 1 rings (SSSR count). The third-order valence-corrected chi connectivity index (χ3v) is 4.26. The van der Waals surface area contributed by atoms with E-state index in [4.69, 9.17) is 18.9 Å². The van der Waals surface area contributed by atoms with Crippen LogP contribution in [-0.2, 0) is 30.4 Å². The van der Waals surface area contributed by atoms with Crippen molar-refractivity contribution in [2.75, 3.05) is 27.9 Å². The first-order chi connectivity index (χ1) is 14.3. The molecular weight excluding hydrogens is 392 g/mol. The number of nitrogens with one attached hydrogen (secondary N) is 2. The highest BCUT2D eigenvalue weighted by molar-refractivity contribution is 5.89. The van der Waals surface area contributed by atoms with Crippen LogP contribution in [0.3, 0.4) is 0 Å². The van der Waals surface area contributed by atoms with Gasteiger partial charge in [-0.05, 0) is 30.0 Å². The highest BCUT2D eigenvalue weighted by Gasteiger charge is 2.28. The normalized spacial score (nSPS) is 12.6. The largest absolute Gasteiger partial charge is 0.497 e. The number of carbonyl (C=O) groups excluding carboxylic acids is 3. The van der Waals surface area contributed by atoms with E-state index in [-0.39, 0.29) is 25.6 Å². The van der Waals surface area contributed by atoms with E-state index >= 15 is 0 Å². The van der Waals surface area contributed by atoms with Crippen LogP contribution in [0.2, 0.25) is 0 Å². The molecule has 30 heavy (non-hydrogen) atoms. The van der Waals surface area contributed by atoms with Crippen LogP contribution in [0.5, 0.6) is 5.75 Å². The zero-order valence-corrected chi connectivity index (χ0v) is 18.2. The molecule has 0 radical (unpaired) electrons. The SMILES string of the molecule is COCC[C@H](NC(=O)[C@H](CC(C)C)NC(=O)OCc1ccc(OC)cc1)C(=O)OC. The van der Waals surface area contributed by atoms with Crippen LogP contribution in [0, 0.1) is 5.92 Å².